The van der Waals surface area contributed by atoms with E-state index in [1.807, 2.05) is 4.57 Å². The number of nitrogens with zero attached hydrogens (tertiary/aromatic N) is 4. The van der Waals surface area contributed by atoms with Gasteiger partial charge in [0.05, 0.1) is 24.5 Å². The number of nitrogen functional groups attached to an aromatic ring is 1. The lowest BCUT2D eigenvalue weighted by atomic mass is 9.72. The second-order valence-electron chi connectivity index (χ2n) is 10.3. The van der Waals surface area contributed by atoms with Crippen LogP contribution in [0.25, 0.3) is 0 Å². The number of methoxy groups -OCH3 is 1. The maximum absolute atomic E-state index is 15.0. The number of imidazole rings is 1. The summed E-state index contributed by atoms with van der Waals surface area (Å²) in [5.74, 6) is -1.38. The zero-order valence-electron chi connectivity index (χ0n) is 22.3. The Morgan fingerprint density at radius 3 is 2.49 bits per heavy atom. The lowest BCUT2D eigenvalue weighted by Gasteiger charge is -2.53. The molecule has 39 heavy (non-hydrogen) atoms. The maximum Gasteiger partial charge on any atom is 0.287 e. The molecule has 11 heteroatoms. The Bertz CT molecular complexity index is 1410. The van der Waals surface area contributed by atoms with E-state index in [0.29, 0.717) is 30.4 Å². The first-order valence-corrected chi connectivity index (χ1v) is 12.9. The molecule has 1 fully saturated rings. The number of ether oxygens (including phenoxy) is 1. The molecular formula is C28H32F2N6O3. The number of carbonyl (C=O) groups excluding carboxylic acids is 2. The van der Waals surface area contributed by atoms with Crippen molar-refractivity contribution in [2.75, 3.05) is 33.5 Å². The van der Waals surface area contributed by atoms with Gasteiger partial charge in [0.2, 0.25) is 0 Å². The molecule has 1 aromatic heterocycles. The van der Waals surface area contributed by atoms with Crippen molar-refractivity contribution in [3.05, 3.63) is 76.4 Å². The van der Waals surface area contributed by atoms with E-state index < -0.39 is 23.1 Å². The molecule has 0 atom stereocenters. The Kier molecular flexibility index (Phi) is 7.02. The van der Waals surface area contributed by atoms with Crippen LogP contribution in [0.5, 0.6) is 5.75 Å². The standard InChI is InChI=1S/C28H32F2N6O3/c1-34(2)27(38)18-11-21(29)20(22(30)12-18)16-35-9-10-36-24(28(35)7-4-8-28)15-32-25(36)26(37)33-14-17-5-6-19(31)13-23(17)39-3/h5-6,11-13,15H,4,7-10,14,16,31H2,1-3H3,(H,33,37). The molecule has 206 valence electrons. The monoisotopic (exact) mass is 538 g/mol. The highest BCUT2D eigenvalue weighted by Crippen LogP contribution is 2.49. The van der Waals surface area contributed by atoms with Crippen LogP contribution in [-0.2, 0) is 25.2 Å². The molecule has 0 bridgehead atoms. The SMILES string of the molecule is COc1cc(N)ccc1CNC(=O)c1ncc2n1CCN(Cc1c(F)cc(C(=O)N(C)C)cc1F)C21CCC1. The Morgan fingerprint density at radius 2 is 1.87 bits per heavy atom. The minimum absolute atomic E-state index is 0.0268. The summed E-state index contributed by atoms with van der Waals surface area (Å²) in [7, 11) is 4.61. The zero-order chi connectivity index (χ0) is 27.9. The van der Waals surface area contributed by atoms with Crippen LogP contribution in [0.2, 0.25) is 0 Å². The number of amides is 2. The maximum atomic E-state index is 15.0. The van der Waals surface area contributed by atoms with Crippen molar-refractivity contribution >= 4 is 17.5 Å². The quantitative estimate of drug-likeness (QED) is 0.448. The number of rotatable bonds is 7. The Balaban J connectivity index is 1.36. The molecule has 1 spiro atoms. The predicted octanol–water partition coefficient (Wildman–Crippen LogP) is 3.28. The van der Waals surface area contributed by atoms with Crippen LogP contribution >= 0.6 is 0 Å². The third-order valence-electron chi connectivity index (χ3n) is 7.81. The summed E-state index contributed by atoms with van der Waals surface area (Å²) in [6, 6.07) is 7.45. The van der Waals surface area contributed by atoms with Crippen LogP contribution in [-0.4, -0.2) is 58.9 Å². The van der Waals surface area contributed by atoms with Gasteiger partial charge in [0.15, 0.2) is 5.82 Å². The number of carbonyl (C=O) groups is 2. The molecule has 0 unspecified atom stereocenters. The van der Waals surface area contributed by atoms with E-state index in [4.69, 9.17) is 10.5 Å². The van der Waals surface area contributed by atoms with E-state index in [-0.39, 0.29) is 30.1 Å². The molecular weight excluding hydrogens is 506 g/mol. The van der Waals surface area contributed by atoms with Crippen LogP contribution in [0.15, 0.2) is 36.5 Å². The number of halogens is 2. The summed E-state index contributed by atoms with van der Waals surface area (Å²) in [6.07, 6.45) is 4.25. The number of nitrogens with two attached hydrogens (primary N) is 1. The van der Waals surface area contributed by atoms with E-state index in [0.717, 1.165) is 42.7 Å². The average Bonchev–Trinajstić information content (AvgIpc) is 3.32. The first-order chi connectivity index (χ1) is 18.6. The van der Waals surface area contributed by atoms with Gasteiger partial charge in [-0.2, -0.15) is 0 Å². The predicted molar refractivity (Wildman–Crippen MR) is 141 cm³/mol. The van der Waals surface area contributed by atoms with Gasteiger partial charge in [-0.3, -0.25) is 14.5 Å². The van der Waals surface area contributed by atoms with E-state index in [1.165, 1.54) is 19.0 Å². The number of benzene rings is 2. The summed E-state index contributed by atoms with van der Waals surface area (Å²) in [6.45, 7) is 1.24. The van der Waals surface area contributed by atoms with Gasteiger partial charge in [-0.05, 0) is 37.5 Å². The second-order valence-corrected chi connectivity index (χ2v) is 10.3. The number of hydrogen-bond donors (Lipinski definition) is 2. The van der Waals surface area contributed by atoms with Crippen molar-refractivity contribution in [2.45, 2.75) is 44.4 Å². The Hall–Kier alpha value is -3.99. The summed E-state index contributed by atoms with van der Waals surface area (Å²) < 4.78 is 37.4. The van der Waals surface area contributed by atoms with Crippen LogP contribution < -0.4 is 15.8 Å². The smallest absolute Gasteiger partial charge is 0.287 e. The van der Waals surface area contributed by atoms with Gasteiger partial charge in [0, 0.05) is 68.7 Å². The first kappa shape index (κ1) is 26.6. The third kappa shape index (κ3) is 4.71. The highest BCUT2D eigenvalue weighted by molar-refractivity contribution is 5.94. The summed E-state index contributed by atoms with van der Waals surface area (Å²) in [4.78, 5) is 33.1. The second kappa shape index (κ2) is 10.3. The molecule has 0 radical (unpaired) electrons. The normalized spacial score (nSPS) is 15.9. The topological polar surface area (TPSA) is 106 Å². The van der Waals surface area contributed by atoms with Gasteiger partial charge in [-0.15, -0.1) is 0 Å². The van der Waals surface area contributed by atoms with Gasteiger partial charge in [-0.25, -0.2) is 13.8 Å². The number of fused-ring (bicyclic) bond motifs is 2. The van der Waals surface area contributed by atoms with Gasteiger partial charge in [-0.1, -0.05) is 6.07 Å². The largest absolute Gasteiger partial charge is 0.496 e. The highest BCUT2D eigenvalue weighted by atomic mass is 19.1. The van der Waals surface area contributed by atoms with Gasteiger partial charge in [0.25, 0.3) is 11.8 Å². The van der Waals surface area contributed by atoms with Gasteiger partial charge in [0.1, 0.15) is 17.4 Å². The van der Waals surface area contributed by atoms with Crippen LogP contribution in [0.3, 0.4) is 0 Å². The Labute approximate surface area is 225 Å². The molecule has 3 aromatic rings. The average molecular weight is 539 g/mol. The minimum atomic E-state index is -0.744. The van der Waals surface area contributed by atoms with Crippen molar-refractivity contribution in [3.63, 3.8) is 0 Å². The van der Waals surface area contributed by atoms with Crippen LogP contribution in [0.4, 0.5) is 14.5 Å². The van der Waals surface area contributed by atoms with Crippen molar-refractivity contribution in [1.29, 1.82) is 0 Å². The zero-order valence-corrected chi connectivity index (χ0v) is 22.3. The van der Waals surface area contributed by atoms with Crippen molar-refractivity contribution < 1.29 is 23.1 Å². The molecule has 2 aromatic carbocycles. The number of anilines is 1. The summed E-state index contributed by atoms with van der Waals surface area (Å²) in [5.41, 5.74) is 7.49. The lowest BCUT2D eigenvalue weighted by molar-refractivity contribution is -0.0229. The summed E-state index contributed by atoms with van der Waals surface area (Å²) in [5, 5.41) is 2.91. The third-order valence-corrected chi connectivity index (χ3v) is 7.81. The molecule has 0 saturated heterocycles. The van der Waals surface area contributed by atoms with E-state index in [9.17, 15) is 9.59 Å². The van der Waals surface area contributed by atoms with E-state index in [1.54, 1.807) is 31.5 Å². The molecule has 2 amide bonds. The number of aromatic nitrogens is 2. The molecule has 1 aliphatic heterocycles. The Morgan fingerprint density at radius 1 is 1.15 bits per heavy atom. The van der Waals surface area contributed by atoms with Crippen molar-refractivity contribution in [3.8, 4) is 5.75 Å². The molecule has 2 aliphatic rings. The van der Waals surface area contributed by atoms with Crippen LogP contribution in [0, 0.1) is 11.6 Å². The number of hydrogen-bond acceptors (Lipinski definition) is 6. The fourth-order valence-corrected chi connectivity index (χ4v) is 5.55. The van der Waals surface area contributed by atoms with E-state index in [2.05, 4.69) is 15.2 Å². The molecule has 5 rings (SSSR count). The fourth-order valence-electron chi connectivity index (χ4n) is 5.55. The molecule has 3 N–H and O–H groups in total. The van der Waals surface area contributed by atoms with Gasteiger partial charge >= 0.3 is 0 Å². The number of nitrogens with one attached hydrogen (secondary N) is 1. The summed E-state index contributed by atoms with van der Waals surface area (Å²) >= 11 is 0. The first-order valence-electron chi connectivity index (χ1n) is 12.9. The fraction of sp³-hybridized carbons (Fsp3) is 0.393. The minimum Gasteiger partial charge on any atom is -0.496 e. The van der Waals surface area contributed by atoms with Crippen LogP contribution in [0.1, 0.15) is 57.1 Å². The molecule has 1 aliphatic carbocycles. The van der Waals surface area contributed by atoms with Crippen molar-refractivity contribution in [1.82, 2.24) is 24.7 Å². The van der Waals surface area contributed by atoms with Gasteiger partial charge < -0.3 is 25.3 Å². The van der Waals surface area contributed by atoms with Crippen molar-refractivity contribution in [2.24, 2.45) is 0 Å². The molecule has 9 nitrogen and oxygen atoms in total. The highest BCUT2D eigenvalue weighted by Gasteiger charge is 2.49. The van der Waals surface area contributed by atoms with E-state index >= 15 is 8.78 Å². The molecule has 1 saturated carbocycles. The lowest BCUT2D eigenvalue weighted by Crippen LogP contribution is -2.56. The molecule has 2 heterocycles.